The van der Waals surface area contributed by atoms with Crippen LogP contribution in [0.15, 0.2) is 0 Å². The summed E-state index contributed by atoms with van der Waals surface area (Å²) >= 11 is 1.55. The minimum Gasteiger partial charge on any atom is -0.375 e. The summed E-state index contributed by atoms with van der Waals surface area (Å²) in [5, 5.41) is 0.641. The van der Waals surface area contributed by atoms with Crippen molar-refractivity contribution >= 4 is 22.4 Å². The molecule has 4 fully saturated rings. The molecule has 1 aromatic rings. The maximum absolute atomic E-state index is 13.2. The van der Waals surface area contributed by atoms with Crippen LogP contribution in [-0.2, 0) is 17.9 Å². The van der Waals surface area contributed by atoms with Gasteiger partial charge in [-0.05, 0) is 56.3 Å². The smallest absolute Gasteiger partial charge is 0.229 e. The number of amides is 1. The second-order valence-electron chi connectivity index (χ2n) is 7.78. The van der Waals surface area contributed by atoms with Gasteiger partial charge in [0.15, 0.2) is 5.13 Å². The van der Waals surface area contributed by atoms with Crippen LogP contribution < -0.4 is 5.73 Å². The summed E-state index contributed by atoms with van der Waals surface area (Å²) in [5.74, 6) is 2.90. The van der Waals surface area contributed by atoms with E-state index < -0.39 is 0 Å². The number of nitrogens with two attached hydrogens (primary N) is 1. The molecule has 1 amide bonds. The van der Waals surface area contributed by atoms with Gasteiger partial charge in [-0.3, -0.25) is 4.79 Å². The molecule has 112 valence electrons. The predicted molar refractivity (Wildman–Crippen MR) is 81.4 cm³/mol. The van der Waals surface area contributed by atoms with E-state index in [4.69, 9.17) is 5.73 Å². The van der Waals surface area contributed by atoms with E-state index in [1.165, 1.54) is 24.1 Å². The minimum absolute atomic E-state index is 0.0194. The number of nitrogens with zero attached hydrogens (tertiary/aromatic N) is 2. The van der Waals surface area contributed by atoms with Gasteiger partial charge >= 0.3 is 0 Å². The summed E-state index contributed by atoms with van der Waals surface area (Å²) in [5.41, 5.74) is 6.78. The summed E-state index contributed by atoms with van der Waals surface area (Å²) in [7, 11) is 0. The van der Waals surface area contributed by atoms with Crippen molar-refractivity contribution in [3.05, 3.63) is 10.6 Å². The summed E-state index contributed by atoms with van der Waals surface area (Å²) < 4.78 is 0. The molecule has 4 bridgehead atoms. The Bertz CT molecular complexity index is 564. The van der Waals surface area contributed by atoms with Crippen LogP contribution in [0.25, 0.3) is 0 Å². The Morgan fingerprint density at radius 3 is 2.33 bits per heavy atom. The highest BCUT2D eigenvalue weighted by Crippen LogP contribution is 2.60. The van der Waals surface area contributed by atoms with Crippen LogP contribution in [0.2, 0.25) is 0 Å². The zero-order valence-electron chi connectivity index (χ0n) is 12.2. The third-order valence-electron chi connectivity index (χ3n) is 6.25. The van der Waals surface area contributed by atoms with E-state index in [0.29, 0.717) is 17.6 Å². The standard InChI is InChI=1S/C16H21N3OS/c17-15-18-12-7-19(8-13(12)21-15)14(20)16-4-9-1-10(5-16)3-11(2-9)6-16/h9-11H,1-8H2,(H2,17,18). The van der Waals surface area contributed by atoms with Crippen molar-refractivity contribution < 1.29 is 4.79 Å². The third-order valence-corrected chi connectivity index (χ3v) is 7.16. The van der Waals surface area contributed by atoms with Crippen LogP contribution in [0.4, 0.5) is 5.13 Å². The molecule has 6 rings (SSSR count). The van der Waals surface area contributed by atoms with Gasteiger partial charge in [-0.15, -0.1) is 11.3 Å². The van der Waals surface area contributed by atoms with Gasteiger partial charge in [0.2, 0.25) is 5.91 Å². The Labute approximate surface area is 128 Å². The van der Waals surface area contributed by atoms with Gasteiger partial charge in [-0.2, -0.15) is 0 Å². The second-order valence-corrected chi connectivity index (χ2v) is 8.90. The van der Waals surface area contributed by atoms with E-state index in [1.807, 2.05) is 0 Å². The van der Waals surface area contributed by atoms with Crippen molar-refractivity contribution in [2.45, 2.75) is 51.6 Å². The highest BCUT2D eigenvalue weighted by Gasteiger charge is 2.56. The topological polar surface area (TPSA) is 59.2 Å². The molecule has 2 heterocycles. The Balaban J connectivity index is 1.41. The molecule has 1 aliphatic heterocycles. The number of aromatic nitrogens is 1. The van der Waals surface area contributed by atoms with E-state index in [9.17, 15) is 4.79 Å². The fourth-order valence-corrected chi connectivity index (χ4v) is 6.77. The van der Waals surface area contributed by atoms with E-state index >= 15 is 0 Å². The Hall–Kier alpha value is -1.10. The van der Waals surface area contributed by atoms with Gasteiger partial charge in [0.05, 0.1) is 29.1 Å². The van der Waals surface area contributed by atoms with Crippen molar-refractivity contribution in [3.8, 4) is 0 Å². The average Bonchev–Trinajstić information content (AvgIpc) is 2.93. The van der Waals surface area contributed by atoms with Crippen LogP contribution in [0.3, 0.4) is 0 Å². The first-order valence-corrected chi connectivity index (χ1v) is 8.96. The van der Waals surface area contributed by atoms with Crippen molar-refractivity contribution in [1.29, 1.82) is 0 Å². The summed E-state index contributed by atoms with van der Waals surface area (Å²) in [6.07, 6.45) is 7.61. The van der Waals surface area contributed by atoms with Gasteiger partial charge in [0.1, 0.15) is 0 Å². The van der Waals surface area contributed by atoms with Crippen molar-refractivity contribution in [2.75, 3.05) is 5.73 Å². The van der Waals surface area contributed by atoms with Gasteiger partial charge in [0, 0.05) is 0 Å². The molecule has 5 heteroatoms. The number of carbonyl (C=O) groups excluding carboxylic acids is 1. The Morgan fingerprint density at radius 2 is 1.76 bits per heavy atom. The second kappa shape index (κ2) is 4.00. The lowest BCUT2D eigenvalue weighted by atomic mass is 9.49. The first-order valence-electron chi connectivity index (χ1n) is 8.15. The molecule has 4 nitrogen and oxygen atoms in total. The first-order chi connectivity index (χ1) is 10.1. The SMILES string of the molecule is Nc1nc2c(s1)CN(C(=O)C13CC4CC(CC(C4)C1)C3)C2. The maximum Gasteiger partial charge on any atom is 0.229 e. The van der Waals surface area contributed by atoms with Gasteiger partial charge < -0.3 is 10.6 Å². The normalized spacial score (nSPS) is 39.8. The number of hydrogen-bond donors (Lipinski definition) is 1. The summed E-state index contributed by atoms with van der Waals surface area (Å²) in [6.45, 7) is 1.42. The van der Waals surface area contributed by atoms with Crippen LogP contribution >= 0.6 is 11.3 Å². The fraction of sp³-hybridized carbons (Fsp3) is 0.750. The molecule has 0 spiro atoms. The number of hydrogen-bond acceptors (Lipinski definition) is 4. The van der Waals surface area contributed by atoms with Crippen LogP contribution in [-0.4, -0.2) is 15.8 Å². The Morgan fingerprint density at radius 1 is 1.14 bits per heavy atom. The van der Waals surface area contributed by atoms with E-state index in [0.717, 1.165) is 49.3 Å². The highest BCUT2D eigenvalue weighted by atomic mass is 32.1. The number of thiazole rings is 1. The lowest BCUT2D eigenvalue weighted by Gasteiger charge is -2.56. The maximum atomic E-state index is 13.2. The minimum atomic E-state index is -0.0194. The first kappa shape index (κ1) is 12.4. The molecular weight excluding hydrogens is 282 g/mol. The van der Waals surface area contributed by atoms with Gasteiger partial charge in [-0.25, -0.2) is 4.98 Å². The molecule has 21 heavy (non-hydrogen) atoms. The molecule has 2 N–H and O–H groups in total. The molecule has 0 saturated heterocycles. The molecule has 1 aromatic heterocycles. The lowest BCUT2D eigenvalue weighted by molar-refractivity contribution is -0.158. The molecule has 5 aliphatic rings. The van der Waals surface area contributed by atoms with Crippen molar-refractivity contribution in [3.63, 3.8) is 0 Å². The molecule has 0 unspecified atom stereocenters. The zero-order valence-corrected chi connectivity index (χ0v) is 13.0. The highest BCUT2D eigenvalue weighted by molar-refractivity contribution is 7.15. The Kier molecular flexibility index (Phi) is 2.37. The largest absolute Gasteiger partial charge is 0.375 e. The monoisotopic (exact) mass is 303 g/mol. The quantitative estimate of drug-likeness (QED) is 0.868. The average molecular weight is 303 g/mol. The molecule has 0 radical (unpaired) electrons. The third kappa shape index (κ3) is 1.73. The van der Waals surface area contributed by atoms with E-state index in [-0.39, 0.29) is 5.41 Å². The van der Waals surface area contributed by atoms with E-state index in [2.05, 4.69) is 9.88 Å². The van der Waals surface area contributed by atoms with E-state index in [1.54, 1.807) is 11.3 Å². The number of nitrogen functional groups attached to an aromatic ring is 1. The molecule has 0 aromatic carbocycles. The van der Waals surface area contributed by atoms with Crippen LogP contribution in [0.5, 0.6) is 0 Å². The van der Waals surface area contributed by atoms with Crippen LogP contribution in [0, 0.1) is 23.2 Å². The number of carbonyl (C=O) groups is 1. The summed E-state index contributed by atoms with van der Waals surface area (Å²) in [4.78, 5) is 20.9. The molecule has 0 atom stereocenters. The van der Waals surface area contributed by atoms with Gasteiger partial charge in [-0.1, -0.05) is 0 Å². The molecule has 4 saturated carbocycles. The van der Waals surface area contributed by atoms with Crippen LogP contribution in [0.1, 0.15) is 49.1 Å². The molecular formula is C16H21N3OS. The molecule has 4 aliphatic carbocycles. The summed E-state index contributed by atoms with van der Waals surface area (Å²) in [6, 6.07) is 0. The number of fused-ring (bicyclic) bond motifs is 1. The zero-order chi connectivity index (χ0) is 14.2. The van der Waals surface area contributed by atoms with Crippen molar-refractivity contribution in [1.82, 2.24) is 9.88 Å². The fourth-order valence-electron chi connectivity index (χ4n) is 5.91. The predicted octanol–water partition coefficient (Wildman–Crippen LogP) is 2.78. The van der Waals surface area contributed by atoms with Gasteiger partial charge in [0.25, 0.3) is 0 Å². The van der Waals surface area contributed by atoms with Crippen molar-refractivity contribution in [2.24, 2.45) is 23.2 Å². The lowest BCUT2D eigenvalue weighted by Crippen LogP contribution is -2.53. The number of anilines is 1. The number of rotatable bonds is 1.